The number of nitrogens with two attached hydrogens (primary N) is 1. The summed E-state index contributed by atoms with van der Waals surface area (Å²) in [6.45, 7) is 0. The molecule has 0 fully saturated rings. The lowest BCUT2D eigenvalue weighted by atomic mass is 10.1. The zero-order valence-electron chi connectivity index (χ0n) is 9.19. The highest BCUT2D eigenvalue weighted by Gasteiger charge is 2.12. The highest BCUT2D eigenvalue weighted by molar-refractivity contribution is 6.01. The maximum Gasteiger partial charge on any atom is 0.252 e. The van der Waals surface area contributed by atoms with Crippen molar-refractivity contribution in [2.24, 2.45) is 5.73 Å². The monoisotopic (exact) mass is 214 g/mol. The number of anilines is 1. The largest absolute Gasteiger partial charge is 0.365 e. The third kappa shape index (κ3) is 1.69. The van der Waals surface area contributed by atoms with Crippen LogP contribution in [-0.4, -0.2) is 25.0 Å². The molecule has 0 bridgehead atoms. The Labute approximate surface area is 93.7 Å². The highest BCUT2D eigenvalue weighted by atomic mass is 16.1. The molecule has 1 amide bonds. The number of aromatic nitrogens is 1. The van der Waals surface area contributed by atoms with Crippen molar-refractivity contribution in [1.29, 1.82) is 0 Å². The minimum absolute atomic E-state index is 0.428. The summed E-state index contributed by atoms with van der Waals surface area (Å²) in [5.74, 6) is 0.119. The maximum atomic E-state index is 11.3. The van der Waals surface area contributed by atoms with Gasteiger partial charge in [0.15, 0.2) is 0 Å². The van der Waals surface area contributed by atoms with Gasteiger partial charge < -0.3 is 10.6 Å². The van der Waals surface area contributed by atoms with Gasteiger partial charge in [-0.15, -0.1) is 0 Å². The Kier molecular flexibility index (Phi) is 2.48. The molecule has 0 unspecified atom stereocenters. The predicted molar refractivity (Wildman–Crippen MR) is 63.4 cm³/mol. The fourth-order valence-electron chi connectivity index (χ4n) is 1.57. The molecule has 0 aliphatic heterocycles. The highest BCUT2D eigenvalue weighted by Crippen LogP contribution is 2.21. The van der Waals surface area contributed by atoms with E-state index in [0.717, 1.165) is 10.9 Å². The summed E-state index contributed by atoms with van der Waals surface area (Å²) in [6.07, 6.45) is 0. The Hall–Kier alpha value is -2.10. The van der Waals surface area contributed by atoms with Crippen molar-refractivity contribution >= 4 is 22.6 Å². The normalized spacial score (nSPS) is 10.4. The maximum absolute atomic E-state index is 11.3. The number of carbonyl (C=O) groups excluding carboxylic acids is 1. The Balaban J connectivity index is 2.76. The fourth-order valence-corrected chi connectivity index (χ4v) is 1.57. The quantitative estimate of drug-likeness (QED) is 0.817. The van der Waals surface area contributed by atoms with Gasteiger partial charge in [-0.2, -0.15) is 0 Å². The first-order chi connectivity index (χ1) is 7.59. The van der Waals surface area contributed by atoms with Gasteiger partial charge in [-0.1, -0.05) is 6.07 Å². The average molecular weight is 214 g/mol. The molecule has 4 heteroatoms. The van der Waals surface area contributed by atoms with Gasteiger partial charge in [-0.05, 0) is 24.3 Å². The number of hydrogen-bond donors (Lipinski definition) is 1. The van der Waals surface area contributed by atoms with E-state index in [2.05, 4.69) is 11.1 Å². The standard InChI is InChI=1S/C12H12N3O/c1-15(2)12-9(11(13)16)7-8-5-3-4-6-10(8)14-12/h4-7H,1-2H3,(H2,13,16). The minimum atomic E-state index is -0.470. The Morgan fingerprint density at radius 2 is 2.25 bits per heavy atom. The zero-order chi connectivity index (χ0) is 11.7. The molecule has 2 N–H and O–H groups in total. The van der Waals surface area contributed by atoms with E-state index in [4.69, 9.17) is 5.73 Å². The van der Waals surface area contributed by atoms with Crippen molar-refractivity contribution in [3.05, 3.63) is 35.9 Å². The Morgan fingerprint density at radius 1 is 1.50 bits per heavy atom. The first-order valence-electron chi connectivity index (χ1n) is 4.87. The van der Waals surface area contributed by atoms with Crippen LogP contribution in [0.15, 0.2) is 24.3 Å². The van der Waals surface area contributed by atoms with Crippen molar-refractivity contribution < 1.29 is 4.79 Å². The SMILES string of the molecule is CN(C)c1nc2cc[c]cc2cc1C(N)=O. The first-order valence-corrected chi connectivity index (χ1v) is 4.87. The van der Waals surface area contributed by atoms with Crippen molar-refractivity contribution in [2.75, 3.05) is 19.0 Å². The molecule has 1 heterocycles. The molecular weight excluding hydrogens is 202 g/mol. The summed E-state index contributed by atoms with van der Waals surface area (Å²) < 4.78 is 0. The van der Waals surface area contributed by atoms with E-state index in [1.807, 2.05) is 20.2 Å². The molecule has 1 aromatic carbocycles. The summed E-state index contributed by atoms with van der Waals surface area (Å²) in [5.41, 5.74) is 6.58. The molecule has 0 aliphatic rings. The van der Waals surface area contributed by atoms with Crippen LogP contribution in [0.3, 0.4) is 0 Å². The Bertz CT molecular complexity index is 549. The van der Waals surface area contributed by atoms with Gasteiger partial charge in [0.25, 0.3) is 5.91 Å². The number of amides is 1. The molecule has 0 aliphatic carbocycles. The van der Waals surface area contributed by atoms with Gasteiger partial charge >= 0.3 is 0 Å². The van der Waals surface area contributed by atoms with Gasteiger partial charge in [0, 0.05) is 19.5 Å². The summed E-state index contributed by atoms with van der Waals surface area (Å²) in [5, 5.41) is 0.863. The first kappa shape index (κ1) is 10.4. The summed E-state index contributed by atoms with van der Waals surface area (Å²) in [4.78, 5) is 17.5. The molecule has 0 spiro atoms. The van der Waals surface area contributed by atoms with Crippen LogP contribution in [0.2, 0.25) is 0 Å². The molecule has 2 aromatic rings. The van der Waals surface area contributed by atoms with Crippen LogP contribution in [0, 0.1) is 6.07 Å². The number of rotatable bonds is 2. The molecular formula is C12H12N3O. The number of benzene rings is 1. The van der Waals surface area contributed by atoms with Crippen LogP contribution in [-0.2, 0) is 0 Å². The van der Waals surface area contributed by atoms with E-state index in [9.17, 15) is 4.79 Å². The smallest absolute Gasteiger partial charge is 0.252 e. The van der Waals surface area contributed by atoms with Crippen LogP contribution in [0.1, 0.15) is 10.4 Å². The van der Waals surface area contributed by atoms with E-state index < -0.39 is 5.91 Å². The van der Waals surface area contributed by atoms with Crippen molar-refractivity contribution in [2.45, 2.75) is 0 Å². The Morgan fingerprint density at radius 3 is 2.88 bits per heavy atom. The van der Waals surface area contributed by atoms with Gasteiger partial charge in [-0.3, -0.25) is 4.79 Å². The number of pyridine rings is 1. The zero-order valence-corrected chi connectivity index (χ0v) is 9.19. The van der Waals surface area contributed by atoms with Crippen LogP contribution in [0.4, 0.5) is 5.82 Å². The van der Waals surface area contributed by atoms with E-state index in [1.54, 1.807) is 23.1 Å². The van der Waals surface area contributed by atoms with Crippen molar-refractivity contribution in [3.63, 3.8) is 0 Å². The number of fused-ring (bicyclic) bond motifs is 1. The summed E-state index contributed by atoms with van der Waals surface area (Å²) in [6, 6.07) is 10.1. The van der Waals surface area contributed by atoms with E-state index >= 15 is 0 Å². The topological polar surface area (TPSA) is 59.2 Å². The van der Waals surface area contributed by atoms with Gasteiger partial charge in [0.2, 0.25) is 0 Å². The lowest BCUT2D eigenvalue weighted by molar-refractivity contribution is 0.100. The van der Waals surface area contributed by atoms with Gasteiger partial charge in [0.05, 0.1) is 11.1 Å². The van der Waals surface area contributed by atoms with Gasteiger partial charge in [0.1, 0.15) is 5.82 Å². The molecule has 0 saturated heterocycles. The predicted octanol–water partition coefficient (Wildman–Crippen LogP) is 1.20. The second-order valence-corrected chi connectivity index (χ2v) is 3.74. The average Bonchev–Trinajstić information content (AvgIpc) is 2.27. The second kappa shape index (κ2) is 3.81. The molecule has 0 saturated carbocycles. The molecule has 4 nitrogen and oxygen atoms in total. The lowest BCUT2D eigenvalue weighted by Gasteiger charge is -2.15. The number of primary amides is 1. The van der Waals surface area contributed by atoms with E-state index in [1.165, 1.54) is 0 Å². The molecule has 2 rings (SSSR count). The van der Waals surface area contributed by atoms with Crippen LogP contribution >= 0.6 is 0 Å². The van der Waals surface area contributed by atoms with Crippen molar-refractivity contribution in [1.82, 2.24) is 4.98 Å². The van der Waals surface area contributed by atoms with Gasteiger partial charge in [-0.25, -0.2) is 4.98 Å². The third-order valence-electron chi connectivity index (χ3n) is 2.33. The molecule has 16 heavy (non-hydrogen) atoms. The van der Waals surface area contributed by atoms with Crippen LogP contribution in [0.25, 0.3) is 10.9 Å². The summed E-state index contributed by atoms with van der Waals surface area (Å²) >= 11 is 0. The van der Waals surface area contributed by atoms with E-state index in [0.29, 0.717) is 11.4 Å². The lowest BCUT2D eigenvalue weighted by Crippen LogP contribution is -2.20. The molecule has 1 aromatic heterocycles. The third-order valence-corrected chi connectivity index (χ3v) is 2.33. The summed E-state index contributed by atoms with van der Waals surface area (Å²) in [7, 11) is 3.66. The van der Waals surface area contributed by atoms with Crippen LogP contribution < -0.4 is 10.6 Å². The molecule has 81 valence electrons. The molecule has 1 radical (unpaired) electrons. The second-order valence-electron chi connectivity index (χ2n) is 3.74. The number of hydrogen-bond acceptors (Lipinski definition) is 3. The number of carbonyl (C=O) groups is 1. The fraction of sp³-hybridized carbons (Fsp3) is 0.167. The van der Waals surface area contributed by atoms with Crippen LogP contribution in [0.5, 0.6) is 0 Å². The van der Waals surface area contributed by atoms with E-state index in [-0.39, 0.29) is 0 Å². The number of nitrogens with zero attached hydrogens (tertiary/aromatic N) is 2. The van der Waals surface area contributed by atoms with Crippen molar-refractivity contribution in [3.8, 4) is 0 Å². The molecule has 0 atom stereocenters. The minimum Gasteiger partial charge on any atom is -0.365 e.